The molecule has 0 fully saturated rings. The molecule has 9 heteroatoms. The van der Waals surface area contributed by atoms with Crippen molar-refractivity contribution in [3.8, 4) is 0 Å². The largest absolute Gasteiger partial charge is 0.328 e. The maximum atomic E-state index is 7.23. The Hall–Kier alpha value is 0.580. The molecule has 0 saturated carbocycles. The van der Waals surface area contributed by atoms with Gasteiger partial charge in [0.25, 0.3) is 0 Å². The maximum absolute atomic E-state index is 7.23. The molecule has 20 heavy (non-hydrogen) atoms. The van der Waals surface area contributed by atoms with Crippen LogP contribution in [0, 0.1) is 0 Å². The van der Waals surface area contributed by atoms with E-state index in [0.29, 0.717) is 6.04 Å². The van der Waals surface area contributed by atoms with Gasteiger partial charge in [0.05, 0.1) is 0 Å². The monoisotopic (exact) mass is 343 g/mol. The van der Waals surface area contributed by atoms with Gasteiger partial charge >= 0.3 is 17.2 Å². The molecular formula is C11H39NO6P2. The minimum Gasteiger partial charge on any atom is -0.328 e. The van der Waals surface area contributed by atoms with Crippen LogP contribution in [0.4, 0.5) is 0 Å². The second-order valence-electron chi connectivity index (χ2n) is 1.78. The van der Waals surface area contributed by atoms with E-state index in [0.717, 1.165) is 0 Å². The van der Waals surface area contributed by atoms with Gasteiger partial charge in [0.1, 0.15) is 0 Å². The molecule has 0 unspecified atom stereocenters. The molecule has 8 N–H and O–H groups in total. The van der Waals surface area contributed by atoms with Gasteiger partial charge in [0.2, 0.25) is 0 Å². The molecule has 0 aromatic rings. The third-order valence-corrected chi connectivity index (χ3v) is 0. The second-order valence-corrected chi connectivity index (χ2v) is 2.85. The zero-order valence-corrected chi connectivity index (χ0v) is 16.5. The number of hydrogen-bond donors (Lipinski definition) is 7. The van der Waals surface area contributed by atoms with Gasteiger partial charge in [-0.25, -0.2) is 0 Å². The fourth-order valence-electron chi connectivity index (χ4n) is 0. The average molecular weight is 343 g/mol. The molecule has 7 nitrogen and oxygen atoms in total. The Balaban J connectivity index is -0.0000000204. The van der Waals surface area contributed by atoms with Crippen molar-refractivity contribution in [2.75, 3.05) is 0 Å². The van der Waals surface area contributed by atoms with E-state index in [1.165, 1.54) is 0 Å². The van der Waals surface area contributed by atoms with Gasteiger partial charge in [-0.2, -0.15) is 0 Å². The molecule has 0 aromatic heterocycles. The topological polar surface area (TPSA) is 147 Å². The van der Waals surface area contributed by atoms with Gasteiger partial charge in [-0.15, -0.1) is 0 Å². The molecule has 0 spiro atoms. The van der Waals surface area contributed by atoms with Gasteiger partial charge in [-0.05, 0) is 6.04 Å². The van der Waals surface area contributed by atoms with Crippen LogP contribution in [0.5, 0.6) is 0 Å². The Morgan fingerprint density at radius 2 is 0.550 bits per heavy atom. The van der Waals surface area contributed by atoms with E-state index in [4.69, 9.17) is 35.1 Å². The van der Waals surface area contributed by atoms with Crippen LogP contribution in [-0.2, 0) is 0 Å². The molecule has 0 atom stereocenters. The summed E-state index contributed by atoms with van der Waals surface area (Å²) >= 11 is 0. The van der Waals surface area contributed by atoms with Gasteiger partial charge < -0.3 is 35.1 Å². The lowest BCUT2D eigenvalue weighted by Crippen LogP contribution is -2.06. The Bertz CT molecular complexity index is 59.4. The Morgan fingerprint density at radius 1 is 0.550 bits per heavy atom. The predicted octanol–water partition coefficient (Wildman–Crippen LogP) is 2.84. The van der Waals surface area contributed by atoms with E-state index in [-0.39, 0.29) is 0 Å². The lowest BCUT2D eigenvalue weighted by molar-refractivity contribution is 0.366. The number of rotatable bonds is 0. The predicted molar refractivity (Wildman–Crippen MR) is 91.9 cm³/mol. The molecule has 0 bridgehead atoms. The van der Waals surface area contributed by atoms with Crippen LogP contribution in [0.2, 0.25) is 0 Å². The molecule has 0 radical (unpaired) electrons. The zero-order chi connectivity index (χ0) is 18.7. The van der Waals surface area contributed by atoms with Crippen LogP contribution in [0.15, 0.2) is 0 Å². The van der Waals surface area contributed by atoms with Crippen molar-refractivity contribution in [3.05, 3.63) is 0 Å². The molecule has 134 valence electrons. The Morgan fingerprint density at radius 3 is 0.550 bits per heavy atom. The first-order valence-electron chi connectivity index (χ1n) is 6.69. The van der Waals surface area contributed by atoms with E-state index in [9.17, 15) is 0 Å². The Labute approximate surface area is 128 Å². The molecule has 0 aliphatic carbocycles. The maximum Gasteiger partial charge on any atom is 0.324 e. The smallest absolute Gasteiger partial charge is 0.324 e. The van der Waals surface area contributed by atoms with Crippen molar-refractivity contribution in [2.24, 2.45) is 5.73 Å². The van der Waals surface area contributed by atoms with Gasteiger partial charge in [-0.1, -0.05) is 69.2 Å². The highest BCUT2D eigenvalue weighted by Crippen LogP contribution is 2.12. The highest BCUT2D eigenvalue weighted by atomic mass is 31.2. The summed E-state index contributed by atoms with van der Waals surface area (Å²) in [4.78, 5) is 43.4. The van der Waals surface area contributed by atoms with Crippen molar-refractivity contribution in [1.82, 2.24) is 0 Å². The van der Waals surface area contributed by atoms with Crippen LogP contribution < -0.4 is 5.73 Å². The average Bonchev–Trinajstić information content (AvgIpc) is 2.36. The highest BCUT2D eigenvalue weighted by Gasteiger charge is 1.76. The molecule has 0 aliphatic rings. The summed E-state index contributed by atoms with van der Waals surface area (Å²) in [7, 11) is -5.24. The van der Waals surface area contributed by atoms with E-state index in [1.807, 2.05) is 69.2 Å². The van der Waals surface area contributed by atoms with Crippen molar-refractivity contribution in [2.45, 2.75) is 75.3 Å². The third kappa shape index (κ3) is 17100. The SMILES string of the molecule is CC.CC.CC.CC.CC(C)N.OP(O)O.OP(O)O. The summed E-state index contributed by atoms with van der Waals surface area (Å²) in [5.41, 5.74) is 5.11. The van der Waals surface area contributed by atoms with E-state index >= 15 is 0 Å². The first kappa shape index (κ1) is 42.8. The van der Waals surface area contributed by atoms with Crippen LogP contribution in [0.1, 0.15) is 69.2 Å². The molecule has 0 aliphatic heterocycles. The molecule has 0 heterocycles. The molecular weight excluding hydrogens is 304 g/mol. The van der Waals surface area contributed by atoms with Crippen LogP contribution in [0.25, 0.3) is 0 Å². The molecule has 0 saturated heterocycles. The standard InChI is InChI=1S/C3H9N.4C2H6.2H3O3P/c1-3(2)4;4*1-2;2*1-4(2)3/h3H,4H2,1-2H3;4*1-2H3;2*1-3H. The summed E-state index contributed by atoms with van der Waals surface area (Å²) in [6, 6.07) is 0.333. The van der Waals surface area contributed by atoms with E-state index < -0.39 is 17.2 Å². The fraction of sp³-hybridized carbons (Fsp3) is 1.00. The summed E-state index contributed by atoms with van der Waals surface area (Å²) < 4.78 is 0. The van der Waals surface area contributed by atoms with Gasteiger partial charge in [0.15, 0.2) is 0 Å². The van der Waals surface area contributed by atoms with E-state index in [2.05, 4.69) is 0 Å². The van der Waals surface area contributed by atoms with Crippen LogP contribution in [0.3, 0.4) is 0 Å². The summed E-state index contributed by atoms with van der Waals surface area (Å²) in [6.07, 6.45) is 0. The lowest BCUT2D eigenvalue weighted by Gasteiger charge is -1.81. The second kappa shape index (κ2) is 73.7. The van der Waals surface area contributed by atoms with Crippen LogP contribution in [-0.4, -0.2) is 35.4 Å². The summed E-state index contributed by atoms with van der Waals surface area (Å²) in [5.74, 6) is 0. The van der Waals surface area contributed by atoms with Crippen molar-refractivity contribution in [3.63, 3.8) is 0 Å². The fourth-order valence-corrected chi connectivity index (χ4v) is 0. The van der Waals surface area contributed by atoms with Crippen molar-refractivity contribution < 1.29 is 29.4 Å². The van der Waals surface area contributed by atoms with Gasteiger partial charge in [-0.3, -0.25) is 0 Å². The molecule has 0 aromatic carbocycles. The first-order valence-corrected chi connectivity index (χ1v) is 9.09. The lowest BCUT2D eigenvalue weighted by atomic mass is 10.5. The molecule has 0 amide bonds. The van der Waals surface area contributed by atoms with Crippen molar-refractivity contribution in [1.29, 1.82) is 0 Å². The summed E-state index contributed by atoms with van der Waals surface area (Å²) in [6.45, 7) is 19.9. The minimum atomic E-state index is -2.62. The summed E-state index contributed by atoms with van der Waals surface area (Å²) in [5, 5.41) is 0. The third-order valence-electron chi connectivity index (χ3n) is 0. The number of nitrogens with two attached hydrogens (primary N) is 1. The zero-order valence-electron chi connectivity index (χ0n) is 14.7. The highest BCUT2D eigenvalue weighted by molar-refractivity contribution is 7.38. The minimum absolute atomic E-state index is 0.333. The van der Waals surface area contributed by atoms with Crippen LogP contribution >= 0.6 is 17.2 Å². The van der Waals surface area contributed by atoms with E-state index in [1.54, 1.807) is 0 Å². The normalized spacial score (nSPS) is 6.60. The molecule has 0 rings (SSSR count). The van der Waals surface area contributed by atoms with Gasteiger partial charge in [0, 0.05) is 0 Å². The Kier molecular flexibility index (Phi) is 158. The first-order chi connectivity index (χ1) is 9.20. The quantitative estimate of drug-likeness (QED) is 0.334. The number of hydrogen-bond acceptors (Lipinski definition) is 7. The van der Waals surface area contributed by atoms with Crippen molar-refractivity contribution >= 4 is 17.2 Å².